The van der Waals surface area contributed by atoms with E-state index in [-0.39, 0.29) is 24.8 Å². The van der Waals surface area contributed by atoms with Crippen molar-refractivity contribution in [2.45, 2.75) is 6.54 Å². The number of nitrogens with one attached hydrogen (secondary N) is 1. The lowest BCUT2D eigenvalue weighted by molar-refractivity contribution is 0.199. The number of nitrogens with zero attached hydrogens (tertiary/aromatic N) is 1. The number of methoxy groups -OCH3 is 1. The van der Waals surface area contributed by atoms with Crippen LogP contribution in [-0.2, 0) is 11.3 Å². The van der Waals surface area contributed by atoms with Crippen LogP contribution in [0.5, 0.6) is 0 Å². The highest BCUT2D eigenvalue weighted by molar-refractivity contribution is 5.85. The van der Waals surface area contributed by atoms with E-state index >= 15 is 0 Å². The van der Waals surface area contributed by atoms with Gasteiger partial charge in [0.05, 0.1) is 6.61 Å². The van der Waals surface area contributed by atoms with E-state index in [2.05, 4.69) is 10.3 Å². The summed E-state index contributed by atoms with van der Waals surface area (Å²) in [5.74, 6) is 0. The summed E-state index contributed by atoms with van der Waals surface area (Å²) in [5.41, 5.74) is 1.20. The van der Waals surface area contributed by atoms with Gasteiger partial charge in [-0.15, -0.1) is 24.8 Å². The molecule has 0 saturated carbocycles. The Kier molecular flexibility index (Phi) is 12.3. The third-order valence-corrected chi connectivity index (χ3v) is 1.53. The van der Waals surface area contributed by atoms with Crippen LogP contribution in [0, 0.1) is 0 Å². The van der Waals surface area contributed by atoms with Gasteiger partial charge in [0.15, 0.2) is 0 Å². The van der Waals surface area contributed by atoms with E-state index in [1.807, 2.05) is 18.3 Å². The number of halogens is 2. The molecule has 0 aliphatic carbocycles. The van der Waals surface area contributed by atoms with Crippen molar-refractivity contribution in [3.63, 3.8) is 0 Å². The monoisotopic (exact) mass is 238 g/mol. The van der Waals surface area contributed by atoms with Crippen molar-refractivity contribution in [1.82, 2.24) is 10.3 Å². The van der Waals surface area contributed by atoms with E-state index in [1.165, 1.54) is 5.56 Å². The van der Waals surface area contributed by atoms with Crippen molar-refractivity contribution in [1.29, 1.82) is 0 Å². The Hall–Kier alpha value is -0.350. The van der Waals surface area contributed by atoms with Crippen LogP contribution in [0.1, 0.15) is 5.56 Å². The van der Waals surface area contributed by atoms with Crippen LogP contribution >= 0.6 is 24.8 Å². The number of hydrogen-bond acceptors (Lipinski definition) is 3. The molecule has 0 amide bonds. The quantitative estimate of drug-likeness (QED) is 0.793. The molecule has 0 atom stereocenters. The lowest BCUT2D eigenvalue weighted by atomic mass is 10.3. The average Bonchev–Trinajstić information content (AvgIpc) is 2.14. The Labute approximate surface area is 97.1 Å². The van der Waals surface area contributed by atoms with Crippen LogP contribution in [-0.4, -0.2) is 25.2 Å². The van der Waals surface area contributed by atoms with Gasteiger partial charge in [-0.3, -0.25) is 4.98 Å². The second kappa shape index (κ2) is 10.7. The number of pyridine rings is 1. The first-order valence-corrected chi connectivity index (χ1v) is 4.02. The Morgan fingerprint density at radius 2 is 2.21 bits per heavy atom. The number of ether oxygens (including phenoxy) is 1. The lowest BCUT2D eigenvalue weighted by Gasteiger charge is -2.02. The van der Waals surface area contributed by atoms with Crippen LogP contribution < -0.4 is 5.32 Å². The minimum Gasteiger partial charge on any atom is -0.383 e. The molecule has 0 aliphatic heterocycles. The molecule has 0 bridgehead atoms. The molecule has 0 unspecified atom stereocenters. The van der Waals surface area contributed by atoms with Gasteiger partial charge in [-0.05, 0) is 11.6 Å². The van der Waals surface area contributed by atoms with E-state index in [0.29, 0.717) is 0 Å². The topological polar surface area (TPSA) is 34.1 Å². The van der Waals surface area contributed by atoms with Gasteiger partial charge in [-0.2, -0.15) is 0 Å². The SMILES string of the molecule is COCCNCc1cccnc1.Cl.Cl. The molecular weight excluding hydrogens is 223 g/mol. The predicted molar refractivity (Wildman–Crippen MR) is 62.3 cm³/mol. The summed E-state index contributed by atoms with van der Waals surface area (Å²) < 4.78 is 4.90. The van der Waals surface area contributed by atoms with Gasteiger partial charge in [0.25, 0.3) is 0 Å². The minimum absolute atomic E-state index is 0. The molecule has 5 heteroatoms. The maximum atomic E-state index is 4.90. The average molecular weight is 239 g/mol. The number of hydrogen-bond donors (Lipinski definition) is 1. The number of rotatable bonds is 5. The van der Waals surface area contributed by atoms with E-state index in [1.54, 1.807) is 13.3 Å². The van der Waals surface area contributed by atoms with E-state index in [0.717, 1.165) is 19.7 Å². The predicted octanol–water partition coefficient (Wildman–Crippen LogP) is 1.66. The molecule has 0 saturated heterocycles. The molecule has 1 aromatic rings. The van der Waals surface area contributed by atoms with Crippen molar-refractivity contribution in [3.8, 4) is 0 Å². The summed E-state index contributed by atoms with van der Waals surface area (Å²) in [6.07, 6.45) is 3.64. The van der Waals surface area contributed by atoms with Crippen molar-refractivity contribution in [2.75, 3.05) is 20.3 Å². The smallest absolute Gasteiger partial charge is 0.0587 e. The fourth-order valence-electron chi connectivity index (χ4n) is 0.910. The fourth-order valence-corrected chi connectivity index (χ4v) is 0.910. The highest BCUT2D eigenvalue weighted by Gasteiger charge is 1.89. The maximum Gasteiger partial charge on any atom is 0.0587 e. The van der Waals surface area contributed by atoms with Crippen molar-refractivity contribution < 1.29 is 4.74 Å². The molecule has 0 spiro atoms. The number of aromatic nitrogens is 1. The summed E-state index contributed by atoms with van der Waals surface area (Å²) in [7, 11) is 1.70. The van der Waals surface area contributed by atoms with Gasteiger partial charge in [0.2, 0.25) is 0 Å². The van der Waals surface area contributed by atoms with Crippen molar-refractivity contribution >= 4 is 24.8 Å². The lowest BCUT2D eigenvalue weighted by Crippen LogP contribution is -2.18. The normalized spacial score (nSPS) is 8.64. The third-order valence-electron chi connectivity index (χ3n) is 1.53. The first-order chi connectivity index (χ1) is 5.93. The standard InChI is InChI=1S/C9H14N2O.2ClH/c1-12-6-5-11-8-9-3-2-4-10-7-9;;/h2-4,7,11H,5-6,8H2,1H3;2*1H. The van der Waals surface area contributed by atoms with Crippen LogP contribution in [0.4, 0.5) is 0 Å². The molecule has 1 rings (SSSR count). The Morgan fingerprint density at radius 1 is 1.43 bits per heavy atom. The molecule has 1 N–H and O–H groups in total. The maximum absolute atomic E-state index is 4.90. The first-order valence-electron chi connectivity index (χ1n) is 4.02. The summed E-state index contributed by atoms with van der Waals surface area (Å²) in [6.45, 7) is 2.49. The molecule has 0 aliphatic rings. The molecule has 0 radical (unpaired) electrons. The van der Waals surface area contributed by atoms with Crippen LogP contribution in [0.2, 0.25) is 0 Å². The van der Waals surface area contributed by atoms with Crippen molar-refractivity contribution in [3.05, 3.63) is 30.1 Å². The van der Waals surface area contributed by atoms with Crippen LogP contribution in [0.3, 0.4) is 0 Å². The summed E-state index contributed by atoms with van der Waals surface area (Å²) in [5, 5.41) is 3.24. The highest BCUT2D eigenvalue weighted by atomic mass is 35.5. The summed E-state index contributed by atoms with van der Waals surface area (Å²) in [6, 6.07) is 3.99. The summed E-state index contributed by atoms with van der Waals surface area (Å²) >= 11 is 0. The largest absolute Gasteiger partial charge is 0.383 e. The van der Waals surface area contributed by atoms with E-state index < -0.39 is 0 Å². The zero-order valence-electron chi connectivity index (χ0n) is 8.10. The zero-order valence-corrected chi connectivity index (χ0v) is 9.74. The summed E-state index contributed by atoms with van der Waals surface area (Å²) in [4.78, 5) is 4.01. The van der Waals surface area contributed by atoms with Crippen LogP contribution in [0.25, 0.3) is 0 Å². The molecule has 3 nitrogen and oxygen atoms in total. The van der Waals surface area contributed by atoms with Gasteiger partial charge >= 0.3 is 0 Å². The zero-order chi connectivity index (χ0) is 8.65. The first kappa shape index (κ1) is 16.1. The van der Waals surface area contributed by atoms with Crippen molar-refractivity contribution in [2.24, 2.45) is 0 Å². The van der Waals surface area contributed by atoms with Gasteiger partial charge in [0, 0.05) is 32.6 Å². The molecule has 82 valence electrons. The Balaban J connectivity index is 0. The fraction of sp³-hybridized carbons (Fsp3) is 0.444. The Morgan fingerprint density at radius 3 is 2.79 bits per heavy atom. The molecule has 14 heavy (non-hydrogen) atoms. The molecule has 1 heterocycles. The van der Waals surface area contributed by atoms with E-state index in [4.69, 9.17) is 4.74 Å². The molecule has 0 aromatic carbocycles. The van der Waals surface area contributed by atoms with Gasteiger partial charge < -0.3 is 10.1 Å². The second-order valence-electron chi connectivity index (χ2n) is 2.53. The molecule has 1 aromatic heterocycles. The van der Waals surface area contributed by atoms with Gasteiger partial charge in [0.1, 0.15) is 0 Å². The third kappa shape index (κ3) is 7.09. The Bertz CT molecular complexity index is 209. The minimum atomic E-state index is 0. The molecular formula is C9H16Cl2N2O. The van der Waals surface area contributed by atoms with Crippen LogP contribution in [0.15, 0.2) is 24.5 Å². The highest BCUT2D eigenvalue weighted by Crippen LogP contribution is 1.93. The van der Waals surface area contributed by atoms with E-state index in [9.17, 15) is 0 Å². The molecule has 0 fully saturated rings. The second-order valence-corrected chi connectivity index (χ2v) is 2.53. The van der Waals surface area contributed by atoms with Gasteiger partial charge in [-0.1, -0.05) is 6.07 Å². The van der Waals surface area contributed by atoms with Gasteiger partial charge in [-0.25, -0.2) is 0 Å².